The molecule has 0 N–H and O–H groups in total. The maximum atomic E-state index is 5.27. The van der Waals surface area contributed by atoms with Crippen molar-refractivity contribution in [2.45, 2.75) is 34.1 Å². The molecule has 2 heteroatoms. The minimum atomic E-state index is 0.363. The van der Waals surface area contributed by atoms with Crippen molar-refractivity contribution in [2.24, 2.45) is 0 Å². The van der Waals surface area contributed by atoms with Crippen LogP contribution in [-0.2, 0) is 6.42 Å². The SMILES string of the molecule is CC.CCc1cc2c(cc1C)OCO2. The fraction of sp³-hybridized carbons (Fsp3) is 0.500. The van der Waals surface area contributed by atoms with E-state index in [9.17, 15) is 0 Å². The molecule has 0 spiro atoms. The highest BCUT2D eigenvalue weighted by Gasteiger charge is 2.14. The summed E-state index contributed by atoms with van der Waals surface area (Å²) in [4.78, 5) is 0. The zero-order valence-electron chi connectivity index (χ0n) is 9.39. The van der Waals surface area contributed by atoms with Crippen LogP contribution in [0.5, 0.6) is 11.5 Å². The average Bonchev–Trinajstić information content (AvgIpc) is 2.66. The molecule has 1 aliphatic heterocycles. The largest absolute Gasteiger partial charge is 0.454 e. The molecule has 0 amide bonds. The van der Waals surface area contributed by atoms with Crippen LogP contribution in [0.25, 0.3) is 0 Å². The Morgan fingerprint density at radius 2 is 1.71 bits per heavy atom. The molecule has 0 aromatic heterocycles. The van der Waals surface area contributed by atoms with Gasteiger partial charge in [0.15, 0.2) is 11.5 Å². The summed E-state index contributed by atoms with van der Waals surface area (Å²) in [5, 5.41) is 0. The molecule has 0 unspecified atom stereocenters. The first kappa shape index (κ1) is 10.9. The van der Waals surface area contributed by atoms with E-state index >= 15 is 0 Å². The predicted molar refractivity (Wildman–Crippen MR) is 58.0 cm³/mol. The predicted octanol–water partition coefficient (Wildman–Crippen LogP) is 3.31. The summed E-state index contributed by atoms with van der Waals surface area (Å²) in [5.74, 6) is 1.77. The molecule has 1 aromatic carbocycles. The first-order valence-electron chi connectivity index (χ1n) is 5.20. The second-order valence-electron chi connectivity index (χ2n) is 2.99. The number of aryl methyl sites for hydroxylation is 2. The lowest BCUT2D eigenvalue weighted by Gasteiger charge is -2.03. The van der Waals surface area contributed by atoms with Crippen LogP contribution in [0.15, 0.2) is 12.1 Å². The van der Waals surface area contributed by atoms with E-state index in [2.05, 4.69) is 19.9 Å². The molecule has 0 atom stereocenters. The maximum absolute atomic E-state index is 5.27. The van der Waals surface area contributed by atoms with E-state index in [1.807, 2.05) is 19.9 Å². The highest BCUT2D eigenvalue weighted by molar-refractivity contribution is 5.48. The Morgan fingerprint density at radius 1 is 1.14 bits per heavy atom. The molecular formula is C12H18O2. The lowest BCUT2D eigenvalue weighted by Crippen LogP contribution is -1.92. The van der Waals surface area contributed by atoms with E-state index < -0.39 is 0 Å². The first-order valence-corrected chi connectivity index (χ1v) is 5.20. The molecule has 1 aromatic rings. The Hall–Kier alpha value is -1.18. The number of fused-ring (bicyclic) bond motifs is 1. The second kappa shape index (κ2) is 4.89. The quantitative estimate of drug-likeness (QED) is 0.682. The maximum Gasteiger partial charge on any atom is 0.231 e. The van der Waals surface area contributed by atoms with Gasteiger partial charge in [0, 0.05) is 0 Å². The Labute approximate surface area is 85.8 Å². The fourth-order valence-corrected chi connectivity index (χ4v) is 1.47. The van der Waals surface area contributed by atoms with Crippen molar-refractivity contribution in [2.75, 3.05) is 6.79 Å². The minimum Gasteiger partial charge on any atom is -0.454 e. The molecule has 78 valence electrons. The normalized spacial score (nSPS) is 12.0. The molecular weight excluding hydrogens is 176 g/mol. The lowest BCUT2D eigenvalue weighted by atomic mass is 10.1. The van der Waals surface area contributed by atoms with Gasteiger partial charge in [0.2, 0.25) is 6.79 Å². The second-order valence-corrected chi connectivity index (χ2v) is 2.99. The molecule has 0 aliphatic carbocycles. The topological polar surface area (TPSA) is 18.5 Å². The Balaban J connectivity index is 0.000000461. The van der Waals surface area contributed by atoms with Crippen LogP contribution < -0.4 is 9.47 Å². The summed E-state index contributed by atoms with van der Waals surface area (Å²) in [5.41, 5.74) is 2.61. The third kappa shape index (κ3) is 2.00. The molecule has 0 saturated carbocycles. The zero-order chi connectivity index (χ0) is 10.6. The van der Waals surface area contributed by atoms with Gasteiger partial charge in [-0.15, -0.1) is 0 Å². The molecule has 2 rings (SSSR count). The minimum absolute atomic E-state index is 0.363. The molecule has 1 heterocycles. The molecule has 1 aliphatic rings. The van der Waals surface area contributed by atoms with Gasteiger partial charge in [0.1, 0.15) is 0 Å². The first-order chi connectivity index (χ1) is 6.81. The summed E-state index contributed by atoms with van der Waals surface area (Å²) in [6, 6.07) is 4.11. The van der Waals surface area contributed by atoms with Crippen LogP contribution in [0.1, 0.15) is 31.9 Å². The average molecular weight is 194 g/mol. The van der Waals surface area contributed by atoms with Crippen LogP contribution >= 0.6 is 0 Å². The van der Waals surface area contributed by atoms with Gasteiger partial charge in [-0.3, -0.25) is 0 Å². The number of rotatable bonds is 1. The van der Waals surface area contributed by atoms with Crippen molar-refractivity contribution in [1.29, 1.82) is 0 Å². The van der Waals surface area contributed by atoms with Gasteiger partial charge in [-0.25, -0.2) is 0 Å². The van der Waals surface area contributed by atoms with E-state index in [1.165, 1.54) is 11.1 Å². The Morgan fingerprint density at radius 3 is 2.29 bits per heavy atom. The lowest BCUT2D eigenvalue weighted by molar-refractivity contribution is 0.174. The van der Waals surface area contributed by atoms with E-state index in [0.29, 0.717) is 6.79 Å². The Kier molecular flexibility index (Phi) is 3.81. The van der Waals surface area contributed by atoms with E-state index in [1.54, 1.807) is 0 Å². The van der Waals surface area contributed by atoms with Gasteiger partial charge in [0.25, 0.3) is 0 Å². The standard InChI is InChI=1S/C10H12O2.C2H6/c1-3-8-5-10-9(4-7(8)2)11-6-12-10;1-2/h4-5H,3,6H2,1-2H3;1-2H3. The van der Waals surface area contributed by atoms with Crippen molar-refractivity contribution in [3.05, 3.63) is 23.3 Å². The van der Waals surface area contributed by atoms with Crippen LogP contribution in [0, 0.1) is 6.92 Å². The van der Waals surface area contributed by atoms with Gasteiger partial charge in [-0.05, 0) is 36.6 Å². The number of benzene rings is 1. The molecule has 0 radical (unpaired) electrons. The van der Waals surface area contributed by atoms with E-state index in [-0.39, 0.29) is 0 Å². The Bertz CT molecular complexity index is 305. The summed E-state index contributed by atoms with van der Waals surface area (Å²) in [7, 11) is 0. The van der Waals surface area contributed by atoms with Gasteiger partial charge < -0.3 is 9.47 Å². The van der Waals surface area contributed by atoms with Gasteiger partial charge in [-0.2, -0.15) is 0 Å². The third-order valence-electron chi connectivity index (χ3n) is 2.21. The van der Waals surface area contributed by atoms with E-state index in [4.69, 9.17) is 9.47 Å². The monoisotopic (exact) mass is 194 g/mol. The van der Waals surface area contributed by atoms with Crippen molar-refractivity contribution < 1.29 is 9.47 Å². The van der Waals surface area contributed by atoms with Crippen LogP contribution in [0.3, 0.4) is 0 Å². The smallest absolute Gasteiger partial charge is 0.231 e. The molecule has 0 fully saturated rings. The third-order valence-corrected chi connectivity index (χ3v) is 2.21. The molecule has 0 bridgehead atoms. The van der Waals surface area contributed by atoms with Crippen LogP contribution in [-0.4, -0.2) is 6.79 Å². The highest BCUT2D eigenvalue weighted by atomic mass is 16.7. The van der Waals surface area contributed by atoms with Crippen LogP contribution in [0.4, 0.5) is 0 Å². The van der Waals surface area contributed by atoms with Gasteiger partial charge >= 0.3 is 0 Å². The van der Waals surface area contributed by atoms with E-state index in [0.717, 1.165) is 17.9 Å². The molecule has 14 heavy (non-hydrogen) atoms. The summed E-state index contributed by atoms with van der Waals surface area (Å²) in [6.45, 7) is 8.60. The summed E-state index contributed by atoms with van der Waals surface area (Å²) >= 11 is 0. The summed E-state index contributed by atoms with van der Waals surface area (Å²) in [6.07, 6.45) is 1.04. The van der Waals surface area contributed by atoms with Crippen molar-refractivity contribution >= 4 is 0 Å². The fourth-order valence-electron chi connectivity index (χ4n) is 1.47. The molecule has 2 nitrogen and oxygen atoms in total. The zero-order valence-corrected chi connectivity index (χ0v) is 9.39. The van der Waals surface area contributed by atoms with Gasteiger partial charge in [0.05, 0.1) is 0 Å². The van der Waals surface area contributed by atoms with Crippen molar-refractivity contribution in [1.82, 2.24) is 0 Å². The number of ether oxygens (including phenoxy) is 2. The summed E-state index contributed by atoms with van der Waals surface area (Å²) < 4.78 is 10.5. The highest BCUT2D eigenvalue weighted by Crippen LogP contribution is 2.34. The van der Waals surface area contributed by atoms with Crippen molar-refractivity contribution in [3.8, 4) is 11.5 Å². The number of hydrogen-bond donors (Lipinski definition) is 0. The number of hydrogen-bond acceptors (Lipinski definition) is 2. The molecule has 0 saturated heterocycles. The van der Waals surface area contributed by atoms with Crippen LogP contribution in [0.2, 0.25) is 0 Å². The van der Waals surface area contributed by atoms with Gasteiger partial charge in [-0.1, -0.05) is 20.8 Å². The van der Waals surface area contributed by atoms with Crippen molar-refractivity contribution in [3.63, 3.8) is 0 Å².